The fourth-order valence-corrected chi connectivity index (χ4v) is 0.413. The molecule has 0 atom stereocenters. The van der Waals surface area contributed by atoms with Crippen molar-refractivity contribution in [2.45, 2.75) is 20.3 Å². The van der Waals surface area contributed by atoms with Crippen LogP contribution in [0.1, 0.15) is 20.3 Å². The van der Waals surface area contributed by atoms with Gasteiger partial charge in [-0.2, -0.15) is 0 Å². The smallest absolute Gasteiger partial charge is 0.0639 e. The molecule has 0 heterocycles. The normalized spacial score (nSPS) is 12.1. The Kier molecular flexibility index (Phi) is 3.71. The van der Waals surface area contributed by atoms with Crippen LogP contribution in [0.3, 0.4) is 0 Å². The van der Waals surface area contributed by atoms with Crippen molar-refractivity contribution < 1.29 is 5.11 Å². The molecule has 0 radical (unpaired) electrons. The Hall–Kier alpha value is -0.300. The van der Waals surface area contributed by atoms with Gasteiger partial charge in [-0.1, -0.05) is 18.6 Å². The van der Waals surface area contributed by atoms with Crippen LogP contribution in [-0.4, -0.2) is 11.7 Å². The fraction of sp³-hybridized carbons (Fsp3) is 0.667. The molecule has 0 saturated heterocycles. The molecule has 1 heteroatoms. The summed E-state index contributed by atoms with van der Waals surface area (Å²) in [6.07, 6.45) is 3.03. The molecule has 0 aliphatic heterocycles. The number of allylic oxidation sites excluding steroid dienone is 1. The lowest BCUT2D eigenvalue weighted by molar-refractivity contribution is 0.331. The zero-order chi connectivity index (χ0) is 5.70. The van der Waals surface area contributed by atoms with Crippen molar-refractivity contribution in [2.75, 3.05) is 6.61 Å². The molecule has 7 heavy (non-hydrogen) atoms. The average Bonchev–Trinajstić information content (AvgIpc) is 1.68. The molecule has 0 aromatic carbocycles. The van der Waals surface area contributed by atoms with Gasteiger partial charge in [-0.3, -0.25) is 0 Å². The maximum Gasteiger partial charge on any atom is 0.0639 e. The number of rotatable bonds is 2. The van der Waals surface area contributed by atoms with Crippen LogP contribution in [-0.2, 0) is 0 Å². The molecule has 0 amide bonds. The predicted molar refractivity (Wildman–Crippen MR) is 31.1 cm³/mol. The molecule has 0 unspecified atom stereocenters. The molecule has 0 aliphatic carbocycles. The third kappa shape index (κ3) is 3.53. The van der Waals surface area contributed by atoms with Crippen molar-refractivity contribution in [1.82, 2.24) is 0 Å². The van der Waals surface area contributed by atoms with Crippen LogP contribution in [0.5, 0.6) is 0 Å². The second kappa shape index (κ2) is 3.88. The summed E-state index contributed by atoms with van der Waals surface area (Å²) in [7, 11) is 0. The van der Waals surface area contributed by atoms with Crippen LogP contribution in [0.4, 0.5) is 0 Å². The minimum Gasteiger partial charge on any atom is -0.392 e. The molecular formula is C6H12O. The Morgan fingerprint density at radius 2 is 2.29 bits per heavy atom. The van der Waals surface area contributed by atoms with Gasteiger partial charge in [0.2, 0.25) is 0 Å². The lowest BCUT2D eigenvalue weighted by Gasteiger charge is -1.88. The highest BCUT2D eigenvalue weighted by Crippen LogP contribution is 1.90. The fourth-order valence-electron chi connectivity index (χ4n) is 0.413. The van der Waals surface area contributed by atoms with E-state index in [0.29, 0.717) is 0 Å². The average molecular weight is 100 g/mol. The summed E-state index contributed by atoms with van der Waals surface area (Å²) in [6.45, 7) is 4.18. The maximum absolute atomic E-state index is 8.40. The van der Waals surface area contributed by atoms with Gasteiger partial charge < -0.3 is 5.11 Å². The minimum absolute atomic E-state index is 0.202. The van der Waals surface area contributed by atoms with Crippen LogP contribution < -0.4 is 0 Å². The monoisotopic (exact) mass is 100 g/mol. The summed E-state index contributed by atoms with van der Waals surface area (Å²) in [5, 5.41) is 8.40. The zero-order valence-corrected chi connectivity index (χ0v) is 4.94. The topological polar surface area (TPSA) is 20.2 Å². The molecule has 0 fully saturated rings. The van der Waals surface area contributed by atoms with E-state index in [2.05, 4.69) is 6.92 Å². The molecule has 0 bridgehead atoms. The van der Waals surface area contributed by atoms with E-state index in [9.17, 15) is 0 Å². The van der Waals surface area contributed by atoms with E-state index in [-0.39, 0.29) is 6.61 Å². The van der Waals surface area contributed by atoms with Gasteiger partial charge in [0.25, 0.3) is 0 Å². The molecule has 0 rings (SSSR count). The van der Waals surface area contributed by atoms with Gasteiger partial charge in [0.1, 0.15) is 0 Å². The summed E-state index contributed by atoms with van der Waals surface area (Å²) < 4.78 is 0. The molecule has 0 aromatic heterocycles. The van der Waals surface area contributed by atoms with Crippen LogP contribution in [0, 0.1) is 0 Å². The molecule has 0 spiro atoms. The van der Waals surface area contributed by atoms with E-state index in [4.69, 9.17) is 5.11 Å². The van der Waals surface area contributed by atoms with Crippen molar-refractivity contribution >= 4 is 0 Å². The lowest BCUT2D eigenvalue weighted by Crippen LogP contribution is -1.81. The molecule has 1 nitrogen and oxygen atoms in total. The highest BCUT2D eigenvalue weighted by atomic mass is 16.3. The molecule has 1 N–H and O–H groups in total. The summed E-state index contributed by atoms with van der Waals surface area (Å²) in [4.78, 5) is 0. The Labute approximate surface area is 44.7 Å². The Balaban J connectivity index is 3.29. The molecule has 0 aliphatic rings. The summed E-state index contributed by atoms with van der Waals surface area (Å²) in [5.74, 6) is 0. The second-order valence-corrected chi connectivity index (χ2v) is 1.62. The van der Waals surface area contributed by atoms with Gasteiger partial charge in [0.05, 0.1) is 6.61 Å². The van der Waals surface area contributed by atoms with Gasteiger partial charge in [-0.05, 0) is 13.3 Å². The number of aliphatic hydroxyl groups is 1. The van der Waals surface area contributed by atoms with Crippen molar-refractivity contribution in [3.63, 3.8) is 0 Å². The first-order chi connectivity index (χ1) is 3.31. The van der Waals surface area contributed by atoms with Crippen LogP contribution in [0.25, 0.3) is 0 Å². The van der Waals surface area contributed by atoms with Gasteiger partial charge in [0, 0.05) is 0 Å². The van der Waals surface area contributed by atoms with Crippen molar-refractivity contribution in [3.8, 4) is 0 Å². The SMILES string of the molecule is CC/C=C(/C)CO. The quantitative estimate of drug-likeness (QED) is 0.519. The Morgan fingerprint density at radius 1 is 1.71 bits per heavy atom. The first-order valence-electron chi connectivity index (χ1n) is 2.57. The lowest BCUT2D eigenvalue weighted by atomic mass is 10.3. The van der Waals surface area contributed by atoms with Crippen LogP contribution in [0.2, 0.25) is 0 Å². The van der Waals surface area contributed by atoms with E-state index >= 15 is 0 Å². The molecular weight excluding hydrogens is 88.1 g/mol. The van der Waals surface area contributed by atoms with E-state index in [1.807, 2.05) is 13.0 Å². The van der Waals surface area contributed by atoms with Crippen molar-refractivity contribution in [3.05, 3.63) is 11.6 Å². The highest BCUT2D eigenvalue weighted by Gasteiger charge is 1.77. The first kappa shape index (κ1) is 6.70. The summed E-state index contributed by atoms with van der Waals surface area (Å²) in [6, 6.07) is 0. The Bertz CT molecular complexity index is 64.6. The third-order valence-corrected chi connectivity index (χ3v) is 0.802. The second-order valence-electron chi connectivity index (χ2n) is 1.62. The standard InChI is InChI=1S/C6H12O/c1-3-4-6(2)5-7/h4,7H,3,5H2,1-2H3/b6-4-. The molecule has 42 valence electrons. The van der Waals surface area contributed by atoms with Crippen molar-refractivity contribution in [1.29, 1.82) is 0 Å². The van der Waals surface area contributed by atoms with Crippen molar-refractivity contribution in [2.24, 2.45) is 0 Å². The van der Waals surface area contributed by atoms with E-state index in [0.717, 1.165) is 12.0 Å². The Morgan fingerprint density at radius 3 is 2.43 bits per heavy atom. The van der Waals surface area contributed by atoms with Gasteiger partial charge in [-0.15, -0.1) is 0 Å². The van der Waals surface area contributed by atoms with E-state index in [1.54, 1.807) is 0 Å². The number of hydrogen-bond acceptors (Lipinski definition) is 1. The highest BCUT2D eigenvalue weighted by molar-refractivity contribution is 4.96. The predicted octanol–water partition coefficient (Wildman–Crippen LogP) is 1.33. The van der Waals surface area contributed by atoms with Crippen LogP contribution in [0.15, 0.2) is 11.6 Å². The summed E-state index contributed by atoms with van der Waals surface area (Å²) in [5.41, 5.74) is 1.06. The third-order valence-electron chi connectivity index (χ3n) is 0.802. The van der Waals surface area contributed by atoms with E-state index < -0.39 is 0 Å². The largest absolute Gasteiger partial charge is 0.392 e. The summed E-state index contributed by atoms with van der Waals surface area (Å²) >= 11 is 0. The minimum atomic E-state index is 0.202. The molecule has 0 saturated carbocycles. The number of aliphatic hydroxyl groups excluding tert-OH is 1. The van der Waals surface area contributed by atoms with Crippen LogP contribution >= 0.6 is 0 Å². The van der Waals surface area contributed by atoms with Gasteiger partial charge in [0.15, 0.2) is 0 Å². The first-order valence-corrected chi connectivity index (χ1v) is 2.57. The molecule has 0 aromatic rings. The van der Waals surface area contributed by atoms with E-state index in [1.165, 1.54) is 0 Å². The maximum atomic E-state index is 8.40. The van der Waals surface area contributed by atoms with Gasteiger partial charge >= 0.3 is 0 Å². The van der Waals surface area contributed by atoms with Gasteiger partial charge in [-0.25, -0.2) is 0 Å². The zero-order valence-electron chi connectivity index (χ0n) is 4.94. The number of hydrogen-bond donors (Lipinski definition) is 1.